The second-order valence-corrected chi connectivity index (χ2v) is 10.3. The first-order valence-corrected chi connectivity index (χ1v) is 12.7. The molecule has 0 spiro atoms. The molecular weight excluding hydrogens is 400 g/mol. The standard InChI is InChI=1S/C22H28N4OS2/c1-12(2)10-16-14-7-4-8-15(14)17-18-19(29-21(17)24-16)20(26-22(25-18)28-3)23-11-13-6-5-9-27-13/h12-13H,4-11H2,1-3H3,(H,23,25,26)/t13-/m1/s1. The zero-order valence-corrected chi connectivity index (χ0v) is 19.0. The van der Waals surface area contributed by atoms with Crippen molar-refractivity contribution in [3.8, 4) is 0 Å². The Bertz CT molecular complexity index is 1060. The molecule has 0 saturated carbocycles. The molecule has 0 unspecified atom stereocenters. The van der Waals surface area contributed by atoms with E-state index < -0.39 is 0 Å². The van der Waals surface area contributed by atoms with Crippen LogP contribution in [0.5, 0.6) is 0 Å². The smallest absolute Gasteiger partial charge is 0.189 e. The number of hydrogen-bond donors (Lipinski definition) is 1. The van der Waals surface area contributed by atoms with Gasteiger partial charge < -0.3 is 10.1 Å². The Morgan fingerprint density at radius 2 is 2.03 bits per heavy atom. The van der Waals surface area contributed by atoms with E-state index in [-0.39, 0.29) is 6.10 Å². The monoisotopic (exact) mass is 428 g/mol. The second kappa shape index (κ2) is 8.00. The van der Waals surface area contributed by atoms with Crippen molar-refractivity contribution in [3.63, 3.8) is 0 Å². The largest absolute Gasteiger partial charge is 0.376 e. The van der Waals surface area contributed by atoms with Crippen molar-refractivity contribution in [2.45, 2.75) is 63.6 Å². The lowest BCUT2D eigenvalue weighted by molar-refractivity contribution is 0.120. The molecule has 3 aromatic rings. The van der Waals surface area contributed by atoms with E-state index in [0.29, 0.717) is 5.92 Å². The number of aryl methyl sites for hydroxylation is 1. The third-order valence-electron chi connectivity index (χ3n) is 5.90. The number of pyridine rings is 1. The molecular formula is C22H28N4OS2. The van der Waals surface area contributed by atoms with Gasteiger partial charge in [-0.25, -0.2) is 15.0 Å². The first-order valence-electron chi connectivity index (χ1n) is 10.7. The molecule has 1 N–H and O–H groups in total. The van der Waals surface area contributed by atoms with Crippen molar-refractivity contribution < 1.29 is 4.74 Å². The van der Waals surface area contributed by atoms with Crippen LogP contribution in [-0.2, 0) is 24.0 Å². The summed E-state index contributed by atoms with van der Waals surface area (Å²) >= 11 is 3.35. The van der Waals surface area contributed by atoms with Gasteiger partial charge >= 0.3 is 0 Å². The minimum Gasteiger partial charge on any atom is -0.376 e. The van der Waals surface area contributed by atoms with Crippen LogP contribution in [0.1, 0.15) is 49.9 Å². The highest BCUT2D eigenvalue weighted by Crippen LogP contribution is 2.42. The summed E-state index contributed by atoms with van der Waals surface area (Å²) < 4.78 is 6.93. The Kier molecular flexibility index (Phi) is 5.39. The van der Waals surface area contributed by atoms with Crippen molar-refractivity contribution in [1.82, 2.24) is 15.0 Å². The normalized spacial score (nSPS) is 19.0. The molecule has 4 heterocycles. The second-order valence-electron chi connectivity index (χ2n) is 8.50. The average Bonchev–Trinajstić information content (AvgIpc) is 3.44. The van der Waals surface area contributed by atoms with E-state index >= 15 is 0 Å². The Balaban J connectivity index is 1.65. The van der Waals surface area contributed by atoms with Gasteiger partial charge in [0.1, 0.15) is 10.6 Å². The topological polar surface area (TPSA) is 59.9 Å². The summed E-state index contributed by atoms with van der Waals surface area (Å²) in [5.41, 5.74) is 5.37. The van der Waals surface area contributed by atoms with E-state index in [9.17, 15) is 0 Å². The van der Waals surface area contributed by atoms with Gasteiger partial charge in [-0.1, -0.05) is 25.6 Å². The maximum absolute atomic E-state index is 5.80. The minimum absolute atomic E-state index is 0.284. The van der Waals surface area contributed by atoms with Gasteiger partial charge in [0.25, 0.3) is 0 Å². The number of fused-ring (bicyclic) bond motifs is 5. The summed E-state index contributed by atoms with van der Waals surface area (Å²) in [7, 11) is 0. The molecule has 5 nitrogen and oxygen atoms in total. The van der Waals surface area contributed by atoms with E-state index in [4.69, 9.17) is 19.7 Å². The fourth-order valence-corrected chi connectivity index (χ4v) is 6.10. The van der Waals surface area contributed by atoms with Crippen LogP contribution in [0.2, 0.25) is 0 Å². The van der Waals surface area contributed by atoms with Crippen LogP contribution < -0.4 is 5.32 Å². The maximum Gasteiger partial charge on any atom is 0.189 e. The highest BCUT2D eigenvalue weighted by molar-refractivity contribution is 7.98. The maximum atomic E-state index is 5.80. The Hall–Kier alpha value is -1.44. The van der Waals surface area contributed by atoms with Crippen molar-refractivity contribution in [2.75, 3.05) is 24.7 Å². The van der Waals surface area contributed by atoms with Crippen LogP contribution in [-0.4, -0.2) is 40.5 Å². The number of nitrogens with zero attached hydrogens (tertiary/aromatic N) is 3. The summed E-state index contributed by atoms with van der Waals surface area (Å²) in [5.74, 6) is 1.56. The number of ether oxygens (including phenoxy) is 1. The van der Waals surface area contributed by atoms with E-state index in [2.05, 4.69) is 19.2 Å². The quantitative estimate of drug-likeness (QED) is 0.428. The SMILES string of the molecule is CSc1nc(NC[C@H]2CCCO2)c2sc3nc(CC(C)C)c4c(c3c2n1)CCC4. The Morgan fingerprint density at radius 3 is 2.79 bits per heavy atom. The molecule has 1 aliphatic heterocycles. The van der Waals surface area contributed by atoms with Gasteiger partial charge in [-0.2, -0.15) is 0 Å². The summed E-state index contributed by atoms with van der Waals surface area (Å²) in [6, 6.07) is 0. The van der Waals surface area contributed by atoms with Crippen molar-refractivity contribution in [1.29, 1.82) is 0 Å². The van der Waals surface area contributed by atoms with Crippen LogP contribution >= 0.6 is 23.1 Å². The molecule has 0 bridgehead atoms. The summed E-state index contributed by atoms with van der Waals surface area (Å²) in [6.07, 6.45) is 9.18. The van der Waals surface area contributed by atoms with Gasteiger partial charge in [0.15, 0.2) is 5.16 Å². The van der Waals surface area contributed by atoms with Gasteiger partial charge in [0.2, 0.25) is 0 Å². The van der Waals surface area contributed by atoms with E-state index in [1.807, 2.05) is 6.26 Å². The third kappa shape index (κ3) is 3.62. The van der Waals surface area contributed by atoms with Gasteiger partial charge in [0.05, 0.1) is 16.3 Å². The van der Waals surface area contributed by atoms with Gasteiger partial charge in [0, 0.05) is 24.2 Å². The molecule has 0 radical (unpaired) electrons. The van der Waals surface area contributed by atoms with Gasteiger partial charge in [-0.05, 0) is 61.8 Å². The minimum atomic E-state index is 0.284. The number of thioether (sulfide) groups is 1. The predicted octanol–water partition coefficient (Wildman–Crippen LogP) is 5.24. The highest BCUT2D eigenvalue weighted by Gasteiger charge is 2.25. The average molecular weight is 429 g/mol. The van der Waals surface area contributed by atoms with Crippen molar-refractivity contribution in [2.24, 2.45) is 5.92 Å². The summed E-state index contributed by atoms with van der Waals surface area (Å²) in [5, 5.41) is 5.68. The number of anilines is 1. The molecule has 0 aromatic carbocycles. The number of rotatable bonds is 6. The van der Waals surface area contributed by atoms with Crippen LogP contribution in [0.3, 0.4) is 0 Å². The number of thiophene rings is 1. The molecule has 1 saturated heterocycles. The van der Waals surface area contributed by atoms with Crippen LogP contribution in [0, 0.1) is 5.92 Å². The lowest BCUT2D eigenvalue weighted by Gasteiger charge is -2.12. The van der Waals surface area contributed by atoms with Gasteiger partial charge in [-0.3, -0.25) is 0 Å². The molecule has 29 heavy (non-hydrogen) atoms. The van der Waals surface area contributed by atoms with Crippen LogP contribution in [0.4, 0.5) is 5.82 Å². The van der Waals surface area contributed by atoms with Crippen molar-refractivity contribution in [3.05, 3.63) is 16.8 Å². The fraction of sp³-hybridized carbons (Fsp3) is 0.591. The zero-order chi connectivity index (χ0) is 20.0. The van der Waals surface area contributed by atoms with Crippen LogP contribution in [0.25, 0.3) is 20.4 Å². The van der Waals surface area contributed by atoms with E-state index in [0.717, 1.165) is 71.3 Å². The lowest BCUT2D eigenvalue weighted by atomic mass is 9.99. The third-order valence-corrected chi connectivity index (χ3v) is 7.53. The zero-order valence-electron chi connectivity index (χ0n) is 17.4. The lowest BCUT2D eigenvalue weighted by Crippen LogP contribution is -2.19. The van der Waals surface area contributed by atoms with Crippen LogP contribution in [0.15, 0.2) is 5.16 Å². The molecule has 7 heteroatoms. The molecule has 154 valence electrons. The first-order chi connectivity index (χ1) is 14.1. The molecule has 2 aliphatic rings. The predicted molar refractivity (Wildman–Crippen MR) is 123 cm³/mol. The first kappa shape index (κ1) is 19.5. The Labute approximate surface area is 180 Å². The highest BCUT2D eigenvalue weighted by atomic mass is 32.2. The molecule has 0 amide bonds. The molecule has 1 aliphatic carbocycles. The van der Waals surface area contributed by atoms with E-state index in [1.54, 1.807) is 23.1 Å². The fourth-order valence-electron chi connectivity index (χ4n) is 4.61. The summed E-state index contributed by atoms with van der Waals surface area (Å²) in [6.45, 7) is 6.24. The van der Waals surface area contributed by atoms with E-state index in [1.165, 1.54) is 28.6 Å². The van der Waals surface area contributed by atoms with Crippen molar-refractivity contribution >= 4 is 49.3 Å². The molecule has 1 fully saturated rings. The number of aromatic nitrogens is 3. The Morgan fingerprint density at radius 1 is 1.17 bits per heavy atom. The number of hydrogen-bond acceptors (Lipinski definition) is 7. The summed E-state index contributed by atoms with van der Waals surface area (Å²) in [4.78, 5) is 16.0. The molecule has 1 atom stereocenters. The molecule has 3 aromatic heterocycles. The molecule has 5 rings (SSSR count). The van der Waals surface area contributed by atoms with Gasteiger partial charge in [-0.15, -0.1) is 11.3 Å². The number of nitrogens with one attached hydrogen (secondary N) is 1.